The van der Waals surface area contributed by atoms with Gasteiger partial charge in [-0.2, -0.15) is 0 Å². The van der Waals surface area contributed by atoms with Gasteiger partial charge in [0.15, 0.2) is 12.4 Å². The molecule has 1 aliphatic heterocycles. The molecule has 1 saturated heterocycles. The second-order valence-electron chi connectivity index (χ2n) is 7.03. The number of nitrogens with one attached hydrogen (secondary N) is 1. The molecule has 6 atom stereocenters. The van der Waals surface area contributed by atoms with Crippen molar-refractivity contribution in [2.45, 2.75) is 88.6 Å². The minimum Gasteiger partial charge on any atom is -0.481 e. The van der Waals surface area contributed by atoms with Gasteiger partial charge in [-0.15, -0.1) is 0 Å². The van der Waals surface area contributed by atoms with E-state index >= 15 is 0 Å². The molecule has 0 aliphatic carbocycles. The number of aliphatic hydroxyl groups excluding tert-OH is 3. The molecular formula is C18H31NO10. The topological polar surface area (TPSA) is 183 Å². The van der Waals surface area contributed by atoms with E-state index in [1.807, 2.05) is 5.32 Å². The fourth-order valence-corrected chi connectivity index (χ4v) is 2.91. The van der Waals surface area contributed by atoms with E-state index in [9.17, 15) is 29.7 Å². The molecule has 0 radical (unpaired) electrons. The lowest BCUT2D eigenvalue weighted by atomic mass is 9.98. The van der Waals surface area contributed by atoms with Crippen molar-refractivity contribution in [2.75, 3.05) is 6.61 Å². The van der Waals surface area contributed by atoms with E-state index in [0.717, 1.165) is 32.1 Å². The Morgan fingerprint density at radius 3 is 2.17 bits per heavy atom. The smallest absolute Gasteiger partial charge is 0.326 e. The van der Waals surface area contributed by atoms with Crippen LogP contribution in [0.5, 0.6) is 0 Å². The van der Waals surface area contributed by atoms with E-state index in [0.29, 0.717) is 6.42 Å². The molecule has 168 valence electrons. The van der Waals surface area contributed by atoms with Crippen molar-refractivity contribution in [3.05, 3.63) is 0 Å². The Bertz CT molecular complexity index is 543. The van der Waals surface area contributed by atoms with E-state index in [1.165, 1.54) is 0 Å². The van der Waals surface area contributed by atoms with Crippen molar-refractivity contribution in [3.8, 4) is 0 Å². The van der Waals surface area contributed by atoms with Gasteiger partial charge in [0, 0.05) is 6.61 Å². The summed E-state index contributed by atoms with van der Waals surface area (Å²) in [5, 5.41) is 49.7. The second-order valence-corrected chi connectivity index (χ2v) is 7.03. The van der Waals surface area contributed by atoms with Crippen molar-refractivity contribution >= 4 is 17.8 Å². The van der Waals surface area contributed by atoms with Gasteiger partial charge in [0.25, 0.3) is 5.91 Å². The van der Waals surface area contributed by atoms with Crippen LogP contribution >= 0.6 is 0 Å². The highest BCUT2D eigenvalue weighted by Gasteiger charge is 2.47. The largest absolute Gasteiger partial charge is 0.481 e. The number of hydrogen-bond donors (Lipinski definition) is 6. The molecule has 29 heavy (non-hydrogen) atoms. The monoisotopic (exact) mass is 421 g/mol. The van der Waals surface area contributed by atoms with Crippen molar-refractivity contribution in [1.82, 2.24) is 5.32 Å². The average Bonchev–Trinajstić information content (AvgIpc) is 2.65. The first kappa shape index (κ1) is 25.2. The molecule has 0 aromatic carbocycles. The van der Waals surface area contributed by atoms with E-state index < -0.39 is 61.0 Å². The van der Waals surface area contributed by atoms with Gasteiger partial charge in [0.1, 0.15) is 24.4 Å². The molecular weight excluding hydrogens is 390 g/mol. The number of carbonyl (C=O) groups is 3. The Morgan fingerprint density at radius 1 is 0.966 bits per heavy atom. The third kappa shape index (κ3) is 8.23. The van der Waals surface area contributed by atoms with Gasteiger partial charge in [0.2, 0.25) is 0 Å². The molecule has 1 aliphatic rings. The summed E-state index contributed by atoms with van der Waals surface area (Å²) in [5.41, 5.74) is 0. The van der Waals surface area contributed by atoms with Crippen LogP contribution in [0.15, 0.2) is 0 Å². The molecule has 11 nitrogen and oxygen atoms in total. The number of carboxylic acids is 2. The van der Waals surface area contributed by atoms with Gasteiger partial charge < -0.3 is 40.3 Å². The first-order valence-electron chi connectivity index (χ1n) is 9.75. The molecule has 0 bridgehead atoms. The summed E-state index contributed by atoms with van der Waals surface area (Å²) in [5.74, 6) is -4.16. The Morgan fingerprint density at radius 2 is 1.59 bits per heavy atom. The maximum absolute atomic E-state index is 12.3. The Hall–Kier alpha value is -1.79. The van der Waals surface area contributed by atoms with E-state index in [-0.39, 0.29) is 6.61 Å². The Kier molecular flexibility index (Phi) is 11.1. The average molecular weight is 421 g/mol. The first-order valence-corrected chi connectivity index (χ1v) is 9.75. The summed E-state index contributed by atoms with van der Waals surface area (Å²) >= 11 is 0. The van der Waals surface area contributed by atoms with Gasteiger partial charge >= 0.3 is 11.9 Å². The summed E-state index contributed by atoms with van der Waals surface area (Å²) in [6, 6.07) is -1.75. The van der Waals surface area contributed by atoms with Crippen LogP contribution < -0.4 is 5.32 Å². The number of hydrogen-bond acceptors (Lipinski definition) is 8. The minimum atomic E-state index is -1.85. The molecule has 0 spiro atoms. The quantitative estimate of drug-likeness (QED) is 0.206. The zero-order valence-corrected chi connectivity index (χ0v) is 16.4. The van der Waals surface area contributed by atoms with Gasteiger partial charge in [-0.05, 0) is 6.42 Å². The highest BCUT2D eigenvalue weighted by Crippen LogP contribution is 2.23. The molecule has 1 fully saturated rings. The van der Waals surface area contributed by atoms with Crippen LogP contribution in [0, 0.1) is 0 Å². The van der Waals surface area contributed by atoms with Crippen molar-refractivity contribution in [3.63, 3.8) is 0 Å². The molecule has 1 unspecified atom stereocenters. The number of amides is 1. The number of aliphatic hydroxyl groups is 3. The van der Waals surface area contributed by atoms with E-state index in [4.69, 9.17) is 19.7 Å². The van der Waals surface area contributed by atoms with Gasteiger partial charge in [-0.1, -0.05) is 39.0 Å². The normalized spacial score (nSPS) is 27.9. The summed E-state index contributed by atoms with van der Waals surface area (Å²) in [6.07, 6.45) is -3.28. The Balaban J connectivity index is 2.62. The molecule has 0 aromatic heterocycles. The van der Waals surface area contributed by atoms with Crippen LogP contribution in [0.2, 0.25) is 0 Å². The lowest BCUT2D eigenvalue weighted by Gasteiger charge is -2.39. The van der Waals surface area contributed by atoms with Crippen molar-refractivity contribution < 1.29 is 49.4 Å². The molecule has 0 aromatic rings. The number of unbranched alkanes of at least 4 members (excludes halogenated alkanes) is 5. The van der Waals surface area contributed by atoms with Crippen LogP contribution in [0.25, 0.3) is 0 Å². The third-order valence-electron chi connectivity index (χ3n) is 4.60. The second kappa shape index (κ2) is 12.7. The fraction of sp³-hybridized carbons (Fsp3) is 0.833. The highest BCUT2D eigenvalue weighted by molar-refractivity contribution is 5.89. The maximum atomic E-state index is 12.3. The summed E-state index contributed by atoms with van der Waals surface area (Å²) < 4.78 is 10.6. The highest BCUT2D eigenvalue weighted by atomic mass is 16.7. The van der Waals surface area contributed by atoms with Gasteiger partial charge in [-0.25, -0.2) is 4.79 Å². The predicted octanol–water partition coefficient (Wildman–Crippen LogP) is -0.785. The summed E-state index contributed by atoms with van der Waals surface area (Å²) in [4.78, 5) is 34.1. The third-order valence-corrected chi connectivity index (χ3v) is 4.60. The summed E-state index contributed by atoms with van der Waals surface area (Å²) in [7, 11) is 0. The standard InChI is InChI=1S/C18H31NO10/c1-2-3-4-5-6-7-8-28-18-14(24)12(22)13(23)15(29-18)16(25)19-10(17(26)27)9-11(20)21/h10,12-15,18,22-24H,2-9H2,1H3,(H,19,25)(H,20,21)(H,26,27)/t10?,12-,13-,14+,15-,18-/m0/s1. The lowest BCUT2D eigenvalue weighted by Crippen LogP contribution is -2.63. The van der Waals surface area contributed by atoms with Crippen LogP contribution in [0.1, 0.15) is 51.9 Å². The minimum absolute atomic E-state index is 0.196. The number of aliphatic carboxylic acids is 2. The molecule has 1 rings (SSSR count). The van der Waals surface area contributed by atoms with E-state index in [1.54, 1.807) is 0 Å². The molecule has 0 saturated carbocycles. The zero-order chi connectivity index (χ0) is 22.0. The SMILES string of the molecule is CCCCCCCCO[C@H]1O[C@H](C(=O)NC(CC(=O)O)C(=O)O)[C@@H](O)[C@H](O)[C@H]1O. The fourth-order valence-electron chi connectivity index (χ4n) is 2.91. The number of carbonyl (C=O) groups excluding carboxylic acids is 1. The number of ether oxygens (including phenoxy) is 2. The zero-order valence-electron chi connectivity index (χ0n) is 16.4. The Labute approximate surface area is 168 Å². The number of carboxylic acid groups (broad SMARTS) is 2. The van der Waals surface area contributed by atoms with Gasteiger partial charge in [-0.3, -0.25) is 9.59 Å². The van der Waals surface area contributed by atoms with Gasteiger partial charge in [0.05, 0.1) is 6.42 Å². The molecule has 1 heterocycles. The van der Waals surface area contributed by atoms with E-state index in [2.05, 4.69) is 6.92 Å². The van der Waals surface area contributed by atoms with Crippen LogP contribution in [-0.2, 0) is 23.9 Å². The van der Waals surface area contributed by atoms with Crippen LogP contribution in [-0.4, -0.2) is 86.7 Å². The molecule has 6 N–H and O–H groups in total. The summed E-state index contributed by atoms with van der Waals surface area (Å²) in [6.45, 7) is 2.30. The van der Waals surface area contributed by atoms with Crippen LogP contribution in [0.3, 0.4) is 0 Å². The van der Waals surface area contributed by atoms with Crippen molar-refractivity contribution in [1.29, 1.82) is 0 Å². The molecule has 1 amide bonds. The lowest BCUT2D eigenvalue weighted by molar-refractivity contribution is -0.290. The van der Waals surface area contributed by atoms with Crippen LogP contribution in [0.4, 0.5) is 0 Å². The number of rotatable bonds is 13. The molecule has 11 heteroatoms. The van der Waals surface area contributed by atoms with Crippen molar-refractivity contribution in [2.24, 2.45) is 0 Å². The maximum Gasteiger partial charge on any atom is 0.326 e. The predicted molar refractivity (Wildman–Crippen MR) is 97.8 cm³/mol. The first-order chi connectivity index (χ1) is 13.7.